The molecule has 4 nitrogen and oxygen atoms in total. The number of hydrogen-bond donors (Lipinski definition) is 0. The zero-order valence-electron chi connectivity index (χ0n) is 18.1. The van der Waals surface area contributed by atoms with Gasteiger partial charge in [-0.05, 0) is 41.5 Å². The van der Waals surface area contributed by atoms with Gasteiger partial charge < -0.3 is 4.57 Å². The quantitative estimate of drug-likeness (QED) is 0.227. The fraction of sp³-hybridized carbons (Fsp3) is 0.0741. The van der Waals surface area contributed by atoms with Gasteiger partial charge in [-0.1, -0.05) is 36.4 Å². The molecule has 0 radical (unpaired) electrons. The van der Waals surface area contributed by atoms with Crippen molar-refractivity contribution in [3.05, 3.63) is 93.4 Å². The van der Waals surface area contributed by atoms with Gasteiger partial charge in [0.2, 0.25) is 0 Å². The molecule has 0 bridgehead atoms. The van der Waals surface area contributed by atoms with E-state index in [1.54, 1.807) is 30.3 Å². The molecule has 4 aromatic rings. The van der Waals surface area contributed by atoms with Crippen molar-refractivity contribution in [2.75, 3.05) is 0 Å². The van der Waals surface area contributed by atoms with Crippen LogP contribution in [0.15, 0.2) is 71.8 Å². The lowest BCUT2D eigenvalue weighted by Gasteiger charge is -2.08. The maximum Gasteiger partial charge on any atom is 0.416 e. The fourth-order valence-electron chi connectivity index (χ4n) is 4.30. The summed E-state index contributed by atoms with van der Waals surface area (Å²) in [5.41, 5.74) is 3.08. The first-order valence-corrected chi connectivity index (χ1v) is 11.2. The summed E-state index contributed by atoms with van der Waals surface area (Å²) in [6, 6.07) is 19.5. The van der Waals surface area contributed by atoms with Crippen molar-refractivity contribution < 1.29 is 18.0 Å². The molecule has 2 heterocycles. The number of halogens is 3. The molecule has 0 atom stereocenters. The molecule has 0 unspecified atom stereocenters. The first-order valence-electron chi connectivity index (χ1n) is 10.4. The van der Waals surface area contributed by atoms with Crippen LogP contribution < -0.4 is 0 Å². The van der Waals surface area contributed by atoms with Gasteiger partial charge in [-0.25, -0.2) is 0 Å². The summed E-state index contributed by atoms with van der Waals surface area (Å²) in [6.45, 7) is 0. The normalized spacial score (nSPS) is 14.3. The molecular weight excluding hydrogens is 471 g/mol. The van der Waals surface area contributed by atoms with Gasteiger partial charge in [-0.2, -0.15) is 23.7 Å². The summed E-state index contributed by atoms with van der Waals surface area (Å²) >= 11 is 1.41. The highest BCUT2D eigenvalue weighted by Crippen LogP contribution is 2.41. The van der Waals surface area contributed by atoms with Gasteiger partial charge >= 0.3 is 6.18 Å². The molecule has 0 saturated heterocycles. The average molecular weight is 485 g/mol. The Morgan fingerprint density at radius 1 is 1.00 bits per heavy atom. The predicted octanol–water partition coefficient (Wildman–Crippen LogP) is 7.01. The van der Waals surface area contributed by atoms with Crippen LogP contribution in [0.4, 0.5) is 13.2 Å². The van der Waals surface area contributed by atoms with E-state index >= 15 is 0 Å². The number of ketones is 1. The molecule has 0 spiro atoms. The Morgan fingerprint density at radius 3 is 2.26 bits per heavy atom. The van der Waals surface area contributed by atoms with E-state index in [-0.39, 0.29) is 11.4 Å². The first-order chi connectivity index (χ1) is 16.7. The van der Waals surface area contributed by atoms with Crippen LogP contribution in [0.1, 0.15) is 26.4 Å². The minimum atomic E-state index is -4.39. The molecule has 0 saturated carbocycles. The smallest absolute Gasteiger partial charge is 0.343 e. The maximum atomic E-state index is 13.1. The summed E-state index contributed by atoms with van der Waals surface area (Å²) < 4.78 is 41.5. The van der Waals surface area contributed by atoms with Crippen molar-refractivity contribution in [3.63, 3.8) is 0 Å². The van der Waals surface area contributed by atoms with Crippen molar-refractivity contribution in [2.45, 2.75) is 6.18 Å². The Hall–Kier alpha value is -4.40. The zero-order valence-corrected chi connectivity index (χ0v) is 19.0. The molecule has 170 valence electrons. The summed E-state index contributed by atoms with van der Waals surface area (Å²) in [5, 5.41) is 18.9. The van der Waals surface area contributed by atoms with E-state index in [2.05, 4.69) is 0 Å². The van der Waals surface area contributed by atoms with E-state index in [1.165, 1.54) is 23.5 Å². The molecule has 35 heavy (non-hydrogen) atoms. The largest absolute Gasteiger partial charge is 0.416 e. The van der Waals surface area contributed by atoms with E-state index in [9.17, 15) is 28.5 Å². The van der Waals surface area contributed by atoms with E-state index < -0.39 is 11.7 Å². The molecule has 0 N–H and O–H groups in total. The highest BCUT2D eigenvalue weighted by atomic mass is 32.1. The number of carbonyl (C=O) groups excluding carboxylic acids is 1. The third-order valence-electron chi connectivity index (χ3n) is 5.97. The minimum Gasteiger partial charge on any atom is -0.343 e. The van der Waals surface area contributed by atoms with Gasteiger partial charge in [-0.15, -0.1) is 11.3 Å². The number of Topliss-reactive ketones (excluding diaryl/α,β-unsaturated/α-hetero) is 1. The molecule has 0 amide bonds. The Balaban J connectivity index is 1.58. The molecule has 2 aromatic carbocycles. The van der Waals surface area contributed by atoms with Gasteiger partial charge in [0.05, 0.1) is 15.8 Å². The van der Waals surface area contributed by atoms with E-state index in [0.717, 1.165) is 32.9 Å². The van der Waals surface area contributed by atoms with Crippen molar-refractivity contribution in [1.82, 2.24) is 4.57 Å². The van der Waals surface area contributed by atoms with Crippen LogP contribution in [0, 0.1) is 22.7 Å². The maximum absolute atomic E-state index is 13.1. The summed E-state index contributed by atoms with van der Waals surface area (Å²) in [5.74, 6) is -0.249. The van der Waals surface area contributed by atoms with Crippen LogP contribution in [-0.4, -0.2) is 10.4 Å². The number of thiophene rings is 1. The Kier molecular flexibility index (Phi) is 5.20. The number of fused-ring (bicyclic) bond motifs is 2. The molecular formula is C27H14F3N3OS. The van der Waals surface area contributed by atoms with Crippen molar-refractivity contribution in [3.8, 4) is 23.4 Å². The van der Waals surface area contributed by atoms with E-state index in [1.807, 2.05) is 35.9 Å². The summed E-state index contributed by atoms with van der Waals surface area (Å²) in [6.07, 6.45) is -2.70. The lowest BCUT2D eigenvalue weighted by Crippen LogP contribution is -2.04. The number of nitriles is 2. The second kappa shape index (κ2) is 8.12. The minimum absolute atomic E-state index is 0.125. The standard InChI is InChI=1S/C27H14F3N3OS/c1-33-22(15-6-8-17(9-7-15)27(28,29)30)12-24-23(33)11-18(35-24)10-21-25(16(13-31)14-32)19-4-2-3-5-20(19)26(21)34/h2-12H,1H3/b21-10-. The molecule has 2 aromatic heterocycles. The number of allylic oxidation sites excluding steroid dienone is 3. The Labute approximate surface area is 202 Å². The molecule has 0 aliphatic heterocycles. The monoisotopic (exact) mass is 485 g/mol. The number of benzene rings is 2. The van der Waals surface area contributed by atoms with E-state index in [0.29, 0.717) is 27.8 Å². The molecule has 0 fully saturated rings. The number of alkyl halides is 3. The third-order valence-corrected chi connectivity index (χ3v) is 6.99. The number of rotatable bonds is 2. The zero-order chi connectivity index (χ0) is 24.9. The van der Waals surface area contributed by atoms with Crippen molar-refractivity contribution in [1.29, 1.82) is 10.5 Å². The van der Waals surface area contributed by atoms with Crippen LogP contribution >= 0.6 is 11.3 Å². The van der Waals surface area contributed by atoms with Crippen LogP contribution in [0.3, 0.4) is 0 Å². The molecule has 5 rings (SSSR count). The van der Waals surface area contributed by atoms with Crippen LogP contribution in [-0.2, 0) is 13.2 Å². The molecule has 1 aliphatic carbocycles. The Bertz CT molecular complexity index is 1650. The highest BCUT2D eigenvalue weighted by molar-refractivity contribution is 7.19. The van der Waals surface area contributed by atoms with Gasteiger partial charge in [0.15, 0.2) is 5.78 Å². The van der Waals surface area contributed by atoms with E-state index in [4.69, 9.17) is 0 Å². The lowest BCUT2D eigenvalue weighted by molar-refractivity contribution is -0.137. The van der Waals surface area contributed by atoms with Crippen molar-refractivity contribution in [2.24, 2.45) is 7.05 Å². The predicted molar refractivity (Wildman–Crippen MR) is 128 cm³/mol. The van der Waals surface area contributed by atoms with Gasteiger partial charge in [-0.3, -0.25) is 4.79 Å². The van der Waals surface area contributed by atoms with Gasteiger partial charge in [0.1, 0.15) is 17.7 Å². The third kappa shape index (κ3) is 3.65. The number of carbonyl (C=O) groups is 1. The van der Waals surface area contributed by atoms with Crippen LogP contribution in [0.5, 0.6) is 0 Å². The summed E-state index contributed by atoms with van der Waals surface area (Å²) in [4.78, 5) is 13.9. The summed E-state index contributed by atoms with van der Waals surface area (Å²) in [7, 11) is 1.82. The number of hydrogen-bond acceptors (Lipinski definition) is 4. The fourth-order valence-corrected chi connectivity index (χ4v) is 5.37. The van der Waals surface area contributed by atoms with Gasteiger partial charge in [0, 0.05) is 34.3 Å². The highest BCUT2D eigenvalue weighted by Gasteiger charge is 2.32. The Morgan fingerprint density at radius 2 is 1.66 bits per heavy atom. The van der Waals surface area contributed by atoms with Crippen LogP contribution in [0.2, 0.25) is 0 Å². The topological polar surface area (TPSA) is 69.6 Å². The SMILES string of the molecule is Cn1c(-c2ccc(C(F)(F)F)cc2)cc2sc(/C=C3\C(=O)c4ccccc4C3=C(C#N)C#N)cc21. The average Bonchev–Trinajstić information content (AvgIpc) is 3.47. The second-order valence-corrected chi connectivity index (χ2v) is 9.08. The van der Waals surface area contributed by atoms with Crippen LogP contribution in [0.25, 0.3) is 33.1 Å². The lowest BCUT2D eigenvalue weighted by atomic mass is 9.99. The van der Waals surface area contributed by atoms with Crippen molar-refractivity contribution >= 4 is 39.0 Å². The molecule has 8 heteroatoms. The first kappa shape index (κ1) is 22.4. The number of aromatic nitrogens is 1. The second-order valence-electron chi connectivity index (χ2n) is 7.97. The van der Waals surface area contributed by atoms with Gasteiger partial charge in [0.25, 0.3) is 0 Å². The number of nitrogens with zero attached hydrogens (tertiary/aromatic N) is 3. The number of aryl methyl sites for hydroxylation is 1. The molecule has 1 aliphatic rings.